The summed E-state index contributed by atoms with van der Waals surface area (Å²) < 4.78 is 27.3. The van der Waals surface area contributed by atoms with Gasteiger partial charge in [0.1, 0.15) is 0 Å². The second-order valence-corrected chi connectivity index (χ2v) is 8.15. The van der Waals surface area contributed by atoms with E-state index in [4.69, 9.17) is 10.6 Å². The van der Waals surface area contributed by atoms with Crippen molar-refractivity contribution in [3.8, 4) is 0 Å². The SMILES string of the molecule is CON(C(C1CC1)C1CCCN1)S(=O)(=O)c1cccc(C(N)=O)c1. The third kappa shape index (κ3) is 3.32. The summed E-state index contributed by atoms with van der Waals surface area (Å²) in [6.45, 7) is 0.892. The number of hydroxylamine groups is 1. The molecule has 2 fully saturated rings. The van der Waals surface area contributed by atoms with Crippen molar-refractivity contribution >= 4 is 15.9 Å². The minimum Gasteiger partial charge on any atom is -0.366 e. The Morgan fingerprint density at radius 1 is 1.38 bits per heavy atom. The molecule has 3 rings (SSSR count). The Kier molecular flexibility index (Phi) is 4.91. The molecule has 2 unspecified atom stereocenters. The Morgan fingerprint density at radius 2 is 2.12 bits per heavy atom. The van der Waals surface area contributed by atoms with Crippen molar-refractivity contribution in [2.24, 2.45) is 11.7 Å². The summed E-state index contributed by atoms with van der Waals surface area (Å²) in [4.78, 5) is 16.7. The van der Waals surface area contributed by atoms with Gasteiger partial charge in [-0.15, -0.1) is 0 Å². The van der Waals surface area contributed by atoms with Gasteiger partial charge in [0.2, 0.25) is 5.91 Å². The van der Waals surface area contributed by atoms with Crippen molar-refractivity contribution in [3.63, 3.8) is 0 Å². The first-order chi connectivity index (χ1) is 11.4. The third-order valence-electron chi connectivity index (χ3n) is 4.69. The summed E-state index contributed by atoms with van der Waals surface area (Å²) in [7, 11) is -2.51. The number of carbonyl (C=O) groups excluding carboxylic acids is 1. The van der Waals surface area contributed by atoms with Crippen molar-refractivity contribution < 1.29 is 18.0 Å². The minimum absolute atomic E-state index is 0.0179. The van der Waals surface area contributed by atoms with E-state index in [2.05, 4.69) is 5.32 Å². The fourth-order valence-electron chi connectivity index (χ4n) is 3.38. The molecule has 7 nitrogen and oxygen atoms in total. The van der Waals surface area contributed by atoms with Gasteiger partial charge in [-0.25, -0.2) is 8.42 Å². The smallest absolute Gasteiger partial charge is 0.265 e. The predicted molar refractivity (Wildman–Crippen MR) is 88.5 cm³/mol. The molecule has 0 spiro atoms. The number of nitrogens with one attached hydrogen (secondary N) is 1. The van der Waals surface area contributed by atoms with Gasteiger partial charge >= 0.3 is 0 Å². The van der Waals surface area contributed by atoms with Gasteiger partial charge < -0.3 is 11.1 Å². The van der Waals surface area contributed by atoms with Crippen molar-refractivity contribution in [1.29, 1.82) is 0 Å². The molecule has 132 valence electrons. The summed E-state index contributed by atoms with van der Waals surface area (Å²) >= 11 is 0. The number of benzene rings is 1. The molecule has 0 radical (unpaired) electrons. The van der Waals surface area contributed by atoms with Crippen LogP contribution in [-0.2, 0) is 14.9 Å². The van der Waals surface area contributed by atoms with Gasteiger partial charge in [-0.05, 0) is 56.3 Å². The summed E-state index contributed by atoms with van der Waals surface area (Å²) in [5.41, 5.74) is 5.42. The zero-order valence-electron chi connectivity index (χ0n) is 13.6. The number of hydrogen-bond acceptors (Lipinski definition) is 5. The first-order valence-corrected chi connectivity index (χ1v) is 9.61. The van der Waals surface area contributed by atoms with E-state index in [1.807, 2.05) is 0 Å². The molecule has 1 aromatic rings. The lowest BCUT2D eigenvalue weighted by molar-refractivity contribution is -0.0943. The molecule has 3 N–H and O–H groups in total. The van der Waals surface area contributed by atoms with Crippen LogP contribution in [0.5, 0.6) is 0 Å². The van der Waals surface area contributed by atoms with Crippen molar-refractivity contribution in [2.75, 3.05) is 13.7 Å². The molecule has 2 atom stereocenters. The maximum absolute atomic E-state index is 13.1. The van der Waals surface area contributed by atoms with Crippen LogP contribution < -0.4 is 11.1 Å². The summed E-state index contributed by atoms with van der Waals surface area (Å²) in [6.07, 6.45) is 3.96. The van der Waals surface area contributed by atoms with Gasteiger partial charge in [0, 0.05) is 11.6 Å². The number of rotatable bonds is 7. The van der Waals surface area contributed by atoms with Crippen molar-refractivity contribution in [3.05, 3.63) is 29.8 Å². The van der Waals surface area contributed by atoms with Crippen LogP contribution in [0.2, 0.25) is 0 Å². The van der Waals surface area contributed by atoms with E-state index in [9.17, 15) is 13.2 Å². The fraction of sp³-hybridized carbons (Fsp3) is 0.562. The average molecular weight is 353 g/mol. The van der Waals surface area contributed by atoms with Gasteiger partial charge in [0.25, 0.3) is 10.0 Å². The first kappa shape index (κ1) is 17.3. The maximum Gasteiger partial charge on any atom is 0.265 e. The number of nitrogens with zero attached hydrogens (tertiary/aromatic N) is 1. The Labute approximate surface area is 142 Å². The molecule has 1 heterocycles. The Balaban J connectivity index is 1.95. The lowest BCUT2D eigenvalue weighted by atomic mass is 10.0. The number of carbonyl (C=O) groups is 1. The maximum atomic E-state index is 13.1. The van der Waals surface area contributed by atoms with Gasteiger partial charge in [-0.2, -0.15) is 0 Å². The zero-order chi connectivity index (χ0) is 17.3. The molecule has 8 heteroatoms. The van der Waals surface area contributed by atoms with Crippen LogP contribution in [0.1, 0.15) is 36.0 Å². The molecular formula is C16H23N3O4S. The molecule has 0 aromatic heterocycles. The minimum atomic E-state index is -3.89. The number of amides is 1. The molecule has 1 saturated carbocycles. The van der Waals surface area contributed by atoms with E-state index in [1.165, 1.54) is 31.4 Å². The monoisotopic (exact) mass is 353 g/mol. The van der Waals surface area contributed by atoms with E-state index in [0.29, 0.717) is 5.92 Å². The number of primary amides is 1. The quantitative estimate of drug-likeness (QED) is 0.708. The van der Waals surface area contributed by atoms with Gasteiger partial charge in [0.15, 0.2) is 0 Å². The summed E-state index contributed by atoms with van der Waals surface area (Å²) in [6, 6.07) is 5.62. The molecule has 2 aliphatic rings. The zero-order valence-corrected chi connectivity index (χ0v) is 14.5. The predicted octanol–water partition coefficient (Wildman–Crippen LogP) is 0.868. The van der Waals surface area contributed by atoms with E-state index in [0.717, 1.165) is 36.7 Å². The van der Waals surface area contributed by atoms with Crippen LogP contribution in [0.15, 0.2) is 29.2 Å². The number of sulfonamides is 1. The first-order valence-electron chi connectivity index (χ1n) is 8.17. The largest absolute Gasteiger partial charge is 0.366 e. The highest BCUT2D eigenvalue weighted by atomic mass is 32.2. The number of nitrogens with two attached hydrogens (primary N) is 1. The highest BCUT2D eigenvalue weighted by molar-refractivity contribution is 7.89. The molecule has 1 aliphatic heterocycles. The molecule has 1 aliphatic carbocycles. The Hall–Kier alpha value is -1.48. The van der Waals surface area contributed by atoms with Crippen LogP contribution in [0.4, 0.5) is 0 Å². The van der Waals surface area contributed by atoms with Crippen LogP contribution >= 0.6 is 0 Å². The number of hydrogen-bond donors (Lipinski definition) is 2. The van der Waals surface area contributed by atoms with E-state index in [-0.39, 0.29) is 22.5 Å². The third-order valence-corrected chi connectivity index (χ3v) is 6.41. The normalized spacial score (nSPS) is 22.7. The van der Waals surface area contributed by atoms with Crippen molar-refractivity contribution in [2.45, 2.75) is 42.7 Å². The molecule has 1 amide bonds. The topological polar surface area (TPSA) is 102 Å². The molecule has 1 saturated heterocycles. The molecule has 24 heavy (non-hydrogen) atoms. The highest BCUT2D eigenvalue weighted by Crippen LogP contribution is 2.40. The second kappa shape index (κ2) is 6.79. The van der Waals surface area contributed by atoms with Gasteiger partial charge in [-0.1, -0.05) is 10.5 Å². The highest BCUT2D eigenvalue weighted by Gasteiger charge is 2.46. The van der Waals surface area contributed by atoms with Crippen LogP contribution in [-0.4, -0.2) is 44.5 Å². The molecular weight excluding hydrogens is 330 g/mol. The summed E-state index contributed by atoms with van der Waals surface area (Å²) in [5, 5.41) is 3.39. The van der Waals surface area contributed by atoms with Crippen LogP contribution in [0.3, 0.4) is 0 Å². The van der Waals surface area contributed by atoms with Crippen molar-refractivity contribution in [1.82, 2.24) is 9.79 Å². The average Bonchev–Trinajstić information content (AvgIpc) is 3.26. The van der Waals surface area contributed by atoms with E-state index >= 15 is 0 Å². The Bertz CT molecular complexity index is 712. The fourth-order valence-corrected chi connectivity index (χ4v) is 4.95. The van der Waals surface area contributed by atoms with Gasteiger partial charge in [0.05, 0.1) is 18.0 Å². The second-order valence-electron chi connectivity index (χ2n) is 6.37. The lowest BCUT2D eigenvalue weighted by Gasteiger charge is -2.33. The standard InChI is InChI=1S/C16H23N3O4S/c1-23-19(15(11-7-8-11)14-6-3-9-18-14)24(21,22)13-5-2-4-12(10-13)16(17)20/h2,4-5,10-11,14-15,18H,3,6-9H2,1H3,(H2,17,20). The van der Waals surface area contributed by atoms with Gasteiger partial charge in [-0.3, -0.25) is 9.63 Å². The van der Waals surface area contributed by atoms with Crippen LogP contribution in [0, 0.1) is 5.92 Å². The Morgan fingerprint density at radius 3 is 2.67 bits per heavy atom. The molecule has 1 aromatic carbocycles. The molecule has 0 bridgehead atoms. The van der Waals surface area contributed by atoms with Crippen LogP contribution in [0.25, 0.3) is 0 Å². The lowest BCUT2D eigenvalue weighted by Crippen LogP contribution is -2.51. The summed E-state index contributed by atoms with van der Waals surface area (Å²) in [5.74, 6) is -0.359. The van der Waals surface area contributed by atoms with E-state index in [1.54, 1.807) is 0 Å². The van der Waals surface area contributed by atoms with E-state index < -0.39 is 15.9 Å².